The minimum absolute atomic E-state index is 0.00314. The van der Waals surface area contributed by atoms with Crippen LogP contribution in [-0.4, -0.2) is 13.4 Å². The first-order valence-corrected chi connectivity index (χ1v) is 9.56. The number of aryl methyl sites for hydroxylation is 2. The van der Waals surface area contributed by atoms with E-state index in [2.05, 4.69) is 4.98 Å². The van der Waals surface area contributed by atoms with Gasteiger partial charge in [-0.3, -0.25) is 0 Å². The van der Waals surface area contributed by atoms with E-state index in [1.165, 1.54) is 23.5 Å². The van der Waals surface area contributed by atoms with Gasteiger partial charge in [-0.25, -0.2) is 13.4 Å². The maximum Gasteiger partial charge on any atom is 0.262 e. The van der Waals surface area contributed by atoms with E-state index in [0.717, 1.165) is 15.6 Å². The molecule has 1 aromatic heterocycles. The molecule has 0 unspecified atom stereocenters. The van der Waals surface area contributed by atoms with Crippen molar-refractivity contribution in [1.82, 2.24) is 4.98 Å². The summed E-state index contributed by atoms with van der Waals surface area (Å²) < 4.78 is 28.2. The first kappa shape index (κ1) is 16.8. The van der Waals surface area contributed by atoms with Crippen LogP contribution in [0.5, 0.6) is 5.75 Å². The normalized spacial score (nSPS) is 11.7. The SMILES string of the molecule is Cc1nc(COc2ccc(S(=O)(=O)Cl)c(Cl)c2Cl)sc1C. The third-order valence-electron chi connectivity index (χ3n) is 2.70. The molecule has 0 aliphatic heterocycles. The van der Waals surface area contributed by atoms with E-state index in [1.807, 2.05) is 13.8 Å². The number of halogens is 3. The minimum Gasteiger partial charge on any atom is -0.485 e. The molecule has 2 rings (SSSR count). The number of benzene rings is 1. The minimum atomic E-state index is -3.95. The van der Waals surface area contributed by atoms with Crippen molar-refractivity contribution in [1.29, 1.82) is 0 Å². The van der Waals surface area contributed by atoms with E-state index in [9.17, 15) is 8.42 Å². The summed E-state index contributed by atoms with van der Waals surface area (Å²) in [7, 11) is 1.31. The van der Waals surface area contributed by atoms with Crippen molar-refractivity contribution in [3.05, 3.63) is 37.8 Å². The van der Waals surface area contributed by atoms with Crippen molar-refractivity contribution in [3.8, 4) is 5.75 Å². The summed E-state index contributed by atoms with van der Waals surface area (Å²) >= 11 is 13.4. The lowest BCUT2D eigenvalue weighted by atomic mass is 10.3. The topological polar surface area (TPSA) is 56.3 Å². The lowest BCUT2D eigenvalue weighted by molar-refractivity contribution is 0.305. The summed E-state index contributed by atoms with van der Waals surface area (Å²) in [5, 5.41) is 0.644. The van der Waals surface area contributed by atoms with Crippen LogP contribution in [0.25, 0.3) is 0 Å². The molecule has 9 heteroatoms. The van der Waals surface area contributed by atoms with Gasteiger partial charge in [-0.2, -0.15) is 0 Å². The molecular formula is C12H10Cl3NO3S2. The van der Waals surface area contributed by atoms with Crippen LogP contribution in [-0.2, 0) is 15.7 Å². The molecule has 0 N–H and O–H groups in total. The molecular weight excluding hydrogens is 377 g/mol. The van der Waals surface area contributed by atoms with Crippen molar-refractivity contribution >= 4 is 54.3 Å². The summed E-state index contributed by atoms with van der Waals surface area (Å²) in [5.74, 6) is 0.274. The number of ether oxygens (including phenoxy) is 1. The average molecular weight is 387 g/mol. The Balaban J connectivity index is 2.24. The van der Waals surface area contributed by atoms with Crippen molar-refractivity contribution in [2.45, 2.75) is 25.3 Å². The third-order valence-corrected chi connectivity index (χ3v) is 6.09. The molecule has 0 spiro atoms. The molecule has 0 fully saturated rings. The van der Waals surface area contributed by atoms with Crippen molar-refractivity contribution in [3.63, 3.8) is 0 Å². The molecule has 2 aromatic rings. The van der Waals surface area contributed by atoms with E-state index >= 15 is 0 Å². The van der Waals surface area contributed by atoms with E-state index in [4.69, 9.17) is 38.6 Å². The average Bonchev–Trinajstić information content (AvgIpc) is 2.69. The van der Waals surface area contributed by atoms with Crippen LogP contribution in [0.3, 0.4) is 0 Å². The van der Waals surface area contributed by atoms with Gasteiger partial charge >= 0.3 is 0 Å². The van der Waals surface area contributed by atoms with Gasteiger partial charge in [0.1, 0.15) is 27.3 Å². The van der Waals surface area contributed by atoms with Gasteiger partial charge in [-0.1, -0.05) is 23.2 Å². The molecule has 1 aromatic carbocycles. The van der Waals surface area contributed by atoms with Crippen LogP contribution in [0.1, 0.15) is 15.6 Å². The van der Waals surface area contributed by atoms with E-state index in [-0.39, 0.29) is 27.3 Å². The van der Waals surface area contributed by atoms with Crippen LogP contribution in [0, 0.1) is 13.8 Å². The lowest BCUT2D eigenvalue weighted by Crippen LogP contribution is -1.98. The molecule has 0 atom stereocenters. The zero-order valence-electron chi connectivity index (χ0n) is 11.0. The smallest absolute Gasteiger partial charge is 0.262 e. The van der Waals surface area contributed by atoms with Crippen LogP contribution < -0.4 is 4.74 Å². The van der Waals surface area contributed by atoms with Crippen LogP contribution >= 0.6 is 45.2 Å². The lowest BCUT2D eigenvalue weighted by Gasteiger charge is -2.09. The standard InChI is InChI=1S/C12H10Cl3NO3S2/c1-6-7(2)20-10(16-6)5-19-8-3-4-9(21(15,17)18)12(14)11(8)13/h3-4H,5H2,1-2H3. The quantitative estimate of drug-likeness (QED) is 0.722. The number of aromatic nitrogens is 1. The second-order valence-corrected chi connectivity index (χ2v) is 8.74. The van der Waals surface area contributed by atoms with Crippen molar-refractivity contribution in [2.75, 3.05) is 0 Å². The summed E-state index contributed by atoms with van der Waals surface area (Å²) in [6, 6.07) is 2.67. The fourth-order valence-corrected chi connectivity index (χ4v) is 4.19. The van der Waals surface area contributed by atoms with Gasteiger partial charge in [-0.15, -0.1) is 11.3 Å². The Kier molecular flexibility index (Phi) is 5.05. The molecule has 1 heterocycles. The molecule has 0 saturated heterocycles. The number of rotatable bonds is 4. The largest absolute Gasteiger partial charge is 0.485 e. The summed E-state index contributed by atoms with van der Waals surface area (Å²) in [6.07, 6.45) is 0. The maximum absolute atomic E-state index is 11.3. The number of hydrogen-bond donors (Lipinski definition) is 0. The highest BCUT2D eigenvalue weighted by Crippen LogP contribution is 2.38. The molecule has 0 aliphatic rings. The zero-order valence-corrected chi connectivity index (χ0v) is 14.9. The predicted molar refractivity (Wildman–Crippen MR) is 85.4 cm³/mol. The summed E-state index contributed by atoms with van der Waals surface area (Å²) in [4.78, 5) is 5.20. The Hall–Kier alpha value is -0.530. The Morgan fingerprint density at radius 2 is 1.90 bits per heavy atom. The molecule has 0 saturated carbocycles. The number of thiazole rings is 1. The molecule has 0 bridgehead atoms. The summed E-state index contributed by atoms with van der Waals surface area (Å²) in [5.41, 5.74) is 0.950. The van der Waals surface area contributed by atoms with Gasteiger partial charge < -0.3 is 4.74 Å². The fourth-order valence-electron chi connectivity index (χ4n) is 1.55. The van der Waals surface area contributed by atoms with Gasteiger partial charge in [0.25, 0.3) is 9.05 Å². The number of nitrogens with zero attached hydrogens (tertiary/aromatic N) is 1. The third kappa shape index (κ3) is 3.81. The number of hydrogen-bond acceptors (Lipinski definition) is 5. The Bertz CT molecular complexity index is 768. The first-order valence-electron chi connectivity index (χ1n) is 5.68. The molecule has 0 radical (unpaired) electrons. The zero-order chi connectivity index (χ0) is 15.8. The Labute approximate surface area is 141 Å². The molecule has 114 valence electrons. The van der Waals surface area contributed by atoms with Crippen molar-refractivity contribution < 1.29 is 13.2 Å². The molecule has 0 aliphatic carbocycles. The molecule has 21 heavy (non-hydrogen) atoms. The Morgan fingerprint density at radius 1 is 1.24 bits per heavy atom. The maximum atomic E-state index is 11.3. The van der Waals surface area contributed by atoms with Gasteiger partial charge in [0, 0.05) is 15.6 Å². The fraction of sp³-hybridized carbons (Fsp3) is 0.250. The van der Waals surface area contributed by atoms with Crippen molar-refractivity contribution in [2.24, 2.45) is 0 Å². The first-order chi connectivity index (χ1) is 9.70. The second kappa shape index (κ2) is 6.30. The molecule has 0 amide bonds. The van der Waals surface area contributed by atoms with E-state index in [1.54, 1.807) is 0 Å². The highest BCUT2D eigenvalue weighted by Gasteiger charge is 2.20. The van der Waals surface area contributed by atoms with Crippen LogP contribution in [0.15, 0.2) is 17.0 Å². The highest BCUT2D eigenvalue weighted by molar-refractivity contribution is 8.13. The van der Waals surface area contributed by atoms with Crippen LogP contribution in [0.4, 0.5) is 0 Å². The highest BCUT2D eigenvalue weighted by atomic mass is 35.7. The monoisotopic (exact) mass is 385 g/mol. The predicted octanol–water partition coefficient (Wildman–Crippen LogP) is 4.57. The van der Waals surface area contributed by atoms with Gasteiger partial charge in [0.15, 0.2) is 0 Å². The van der Waals surface area contributed by atoms with E-state index < -0.39 is 9.05 Å². The van der Waals surface area contributed by atoms with E-state index in [0.29, 0.717) is 0 Å². The van der Waals surface area contributed by atoms with Gasteiger partial charge in [-0.05, 0) is 26.0 Å². The van der Waals surface area contributed by atoms with Gasteiger partial charge in [0.05, 0.1) is 10.7 Å². The molecule has 4 nitrogen and oxygen atoms in total. The summed E-state index contributed by atoms with van der Waals surface area (Å²) in [6.45, 7) is 4.11. The van der Waals surface area contributed by atoms with Crippen LogP contribution in [0.2, 0.25) is 10.0 Å². The van der Waals surface area contributed by atoms with Gasteiger partial charge in [0.2, 0.25) is 0 Å². The second-order valence-electron chi connectivity index (χ2n) is 4.17. The Morgan fingerprint density at radius 3 is 2.43 bits per heavy atom.